The van der Waals surface area contributed by atoms with E-state index in [2.05, 4.69) is 10.4 Å². The first kappa shape index (κ1) is 18.1. The minimum absolute atomic E-state index is 0.242. The van der Waals surface area contributed by atoms with E-state index in [-0.39, 0.29) is 16.9 Å². The van der Waals surface area contributed by atoms with Crippen LogP contribution < -0.4 is 5.32 Å². The summed E-state index contributed by atoms with van der Waals surface area (Å²) in [5.41, 5.74) is 2.95. The van der Waals surface area contributed by atoms with E-state index in [1.807, 2.05) is 30.3 Å². The predicted octanol–water partition coefficient (Wildman–Crippen LogP) is 4.00. The van der Waals surface area contributed by atoms with Crippen molar-refractivity contribution in [2.24, 2.45) is 0 Å². The molecule has 0 aliphatic rings. The molecule has 6 heteroatoms. The predicted molar refractivity (Wildman–Crippen MR) is 100.0 cm³/mol. The van der Waals surface area contributed by atoms with Crippen molar-refractivity contribution in [3.8, 4) is 0 Å². The topological polar surface area (TPSA) is 46.9 Å². The summed E-state index contributed by atoms with van der Waals surface area (Å²) in [5.74, 6) is -0.538. The first-order chi connectivity index (χ1) is 12.5. The minimum Gasteiger partial charge on any atom is -0.352 e. The van der Waals surface area contributed by atoms with Crippen LogP contribution in [0.3, 0.4) is 0 Å². The molecule has 3 rings (SSSR count). The number of rotatable bonds is 6. The Morgan fingerprint density at radius 3 is 2.50 bits per heavy atom. The van der Waals surface area contributed by atoms with Crippen LogP contribution in [0.4, 0.5) is 4.39 Å². The number of nitrogens with one attached hydrogen (secondary N) is 1. The Morgan fingerprint density at radius 2 is 1.81 bits per heavy atom. The van der Waals surface area contributed by atoms with Gasteiger partial charge in [-0.25, -0.2) is 9.07 Å². The lowest BCUT2D eigenvalue weighted by atomic mass is 10.1. The zero-order valence-corrected chi connectivity index (χ0v) is 15.1. The number of carbonyl (C=O) groups is 1. The highest BCUT2D eigenvalue weighted by Crippen LogP contribution is 2.21. The summed E-state index contributed by atoms with van der Waals surface area (Å²) in [4.78, 5) is 12.5. The summed E-state index contributed by atoms with van der Waals surface area (Å²) < 4.78 is 14.6. The van der Waals surface area contributed by atoms with Gasteiger partial charge in [0.15, 0.2) is 0 Å². The lowest BCUT2D eigenvalue weighted by Gasteiger charge is -2.06. The van der Waals surface area contributed by atoms with Gasteiger partial charge in [-0.1, -0.05) is 54.1 Å². The smallest absolute Gasteiger partial charge is 0.256 e. The van der Waals surface area contributed by atoms with Gasteiger partial charge in [-0.05, 0) is 36.6 Å². The van der Waals surface area contributed by atoms with Crippen molar-refractivity contribution < 1.29 is 9.18 Å². The van der Waals surface area contributed by atoms with Crippen molar-refractivity contribution in [1.29, 1.82) is 0 Å². The van der Waals surface area contributed by atoms with Crippen LogP contribution in [-0.4, -0.2) is 22.2 Å². The molecule has 1 N–H and O–H groups in total. The molecule has 0 saturated heterocycles. The highest BCUT2D eigenvalue weighted by Gasteiger charge is 2.20. The molecule has 1 heterocycles. The maximum Gasteiger partial charge on any atom is 0.256 e. The standard InChI is InChI=1S/C20H19ClFN3O/c1-14-18(20(26)23-12-11-15-5-3-2-4-6-15)19(21)25(24-14)13-16-7-9-17(22)10-8-16/h2-10H,11-13H2,1H3,(H,23,26). The maximum absolute atomic E-state index is 13.0. The Bertz CT molecular complexity index is 891. The molecule has 1 amide bonds. The fraction of sp³-hybridized carbons (Fsp3) is 0.200. The molecule has 4 nitrogen and oxygen atoms in total. The molecule has 26 heavy (non-hydrogen) atoms. The number of nitrogens with zero attached hydrogens (tertiary/aromatic N) is 2. The number of aromatic nitrogens is 2. The van der Waals surface area contributed by atoms with E-state index in [0.29, 0.717) is 24.3 Å². The third-order valence-electron chi connectivity index (χ3n) is 4.08. The van der Waals surface area contributed by atoms with E-state index in [9.17, 15) is 9.18 Å². The van der Waals surface area contributed by atoms with E-state index in [1.165, 1.54) is 12.1 Å². The number of amides is 1. The van der Waals surface area contributed by atoms with Gasteiger partial charge in [0.1, 0.15) is 11.0 Å². The van der Waals surface area contributed by atoms with Crippen molar-refractivity contribution in [3.05, 3.63) is 88.0 Å². The summed E-state index contributed by atoms with van der Waals surface area (Å²) in [6, 6.07) is 16.0. The molecule has 0 atom stereocenters. The quantitative estimate of drug-likeness (QED) is 0.711. The highest BCUT2D eigenvalue weighted by molar-refractivity contribution is 6.33. The molecule has 1 aromatic heterocycles. The van der Waals surface area contributed by atoms with Crippen LogP contribution in [0.5, 0.6) is 0 Å². The van der Waals surface area contributed by atoms with Crippen LogP contribution in [0.15, 0.2) is 54.6 Å². The fourth-order valence-corrected chi connectivity index (χ4v) is 3.05. The van der Waals surface area contributed by atoms with E-state index >= 15 is 0 Å². The van der Waals surface area contributed by atoms with Crippen LogP contribution in [0.25, 0.3) is 0 Å². The van der Waals surface area contributed by atoms with Crippen LogP contribution in [-0.2, 0) is 13.0 Å². The Labute approximate surface area is 156 Å². The molecule has 0 aliphatic carbocycles. The molecule has 0 unspecified atom stereocenters. The lowest BCUT2D eigenvalue weighted by Crippen LogP contribution is -2.26. The van der Waals surface area contributed by atoms with Crippen molar-refractivity contribution in [3.63, 3.8) is 0 Å². The Hall–Kier alpha value is -2.66. The normalized spacial score (nSPS) is 10.7. The molecule has 0 fully saturated rings. The van der Waals surface area contributed by atoms with Gasteiger partial charge in [0.2, 0.25) is 0 Å². The van der Waals surface area contributed by atoms with E-state index in [1.54, 1.807) is 23.7 Å². The van der Waals surface area contributed by atoms with E-state index in [0.717, 1.165) is 17.5 Å². The van der Waals surface area contributed by atoms with Gasteiger partial charge in [0, 0.05) is 6.54 Å². The van der Waals surface area contributed by atoms with Gasteiger partial charge in [0.25, 0.3) is 5.91 Å². The van der Waals surface area contributed by atoms with Crippen LogP contribution >= 0.6 is 11.6 Å². The average Bonchev–Trinajstić information content (AvgIpc) is 2.91. The number of aryl methyl sites for hydroxylation is 1. The molecular weight excluding hydrogens is 353 g/mol. The van der Waals surface area contributed by atoms with Crippen molar-refractivity contribution in [2.75, 3.05) is 6.54 Å². The van der Waals surface area contributed by atoms with Gasteiger partial charge in [-0.2, -0.15) is 5.10 Å². The third-order valence-corrected chi connectivity index (χ3v) is 4.46. The largest absolute Gasteiger partial charge is 0.352 e. The molecule has 0 saturated carbocycles. The molecule has 0 aliphatic heterocycles. The molecule has 0 radical (unpaired) electrons. The van der Waals surface area contributed by atoms with Crippen molar-refractivity contribution in [1.82, 2.24) is 15.1 Å². The first-order valence-corrected chi connectivity index (χ1v) is 8.72. The second kappa shape index (κ2) is 8.15. The Kier molecular flexibility index (Phi) is 5.68. The fourth-order valence-electron chi connectivity index (χ4n) is 2.73. The van der Waals surface area contributed by atoms with Crippen LogP contribution in [0.2, 0.25) is 5.15 Å². The molecular formula is C20H19ClFN3O. The van der Waals surface area contributed by atoms with Gasteiger partial charge in [0.05, 0.1) is 17.8 Å². The van der Waals surface area contributed by atoms with Crippen molar-refractivity contribution in [2.45, 2.75) is 19.9 Å². The maximum atomic E-state index is 13.0. The second-order valence-electron chi connectivity index (χ2n) is 6.03. The zero-order chi connectivity index (χ0) is 18.5. The van der Waals surface area contributed by atoms with Crippen molar-refractivity contribution >= 4 is 17.5 Å². The summed E-state index contributed by atoms with van der Waals surface area (Å²) in [5, 5.41) is 7.51. The van der Waals surface area contributed by atoms with Gasteiger partial charge in [-0.15, -0.1) is 0 Å². The third kappa shape index (κ3) is 4.29. The molecule has 134 valence electrons. The molecule has 3 aromatic rings. The summed E-state index contributed by atoms with van der Waals surface area (Å²) >= 11 is 6.37. The number of carbonyl (C=O) groups excluding carboxylic acids is 1. The molecule has 2 aromatic carbocycles. The van der Waals surface area contributed by atoms with Gasteiger partial charge >= 0.3 is 0 Å². The van der Waals surface area contributed by atoms with E-state index < -0.39 is 0 Å². The van der Waals surface area contributed by atoms with Gasteiger partial charge in [-0.3, -0.25) is 4.79 Å². The lowest BCUT2D eigenvalue weighted by molar-refractivity contribution is 0.0953. The second-order valence-corrected chi connectivity index (χ2v) is 6.38. The Morgan fingerprint density at radius 1 is 1.12 bits per heavy atom. The summed E-state index contributed by atoms with van der Waals surface area (Å²) in [6.07, 6.45) is 0.743. The monoisotopic (exact) mass is 371 g/mol. The SMILES string of the molecule is Cc1nn(Cc2ccc(F)cc2)c(Cl)c1C(=O)NCCc1ccccc1. The molecule has 0 bridgehead atoms. The number of hydrogen-bond acceptors (Lipinski definition) is 2. The number of halogens is 2. The van der Waals surface area contributed by atoms with E-state index in [4.69, 9.17) is 11.6 Å². The Balaban J connectivity index is 1.66. The zero-order valence-electron chi connectivity index (χ0n) is 14.4. The number of hydrogen-bond donors (Lipinski definition) is 1. The number of benzene rings is 2. The summed E-state index contributed by atoms with van der Waals surface area (Å²) in [6.45, 7) is 2.64. The minimum atomic E-state index is -0.296. The summed E-state index contributed by atoms with van der Waals surface area (Å²) in [7, 11) is 0. The van der Waals surface area contributed by atoms with Gasteiger partial charge < -0.3 is 5.32 Å². The van der Waals surface area contributed by atoms with Crippen LogP contribution in [0, 0.1) is 12.7 Å². The van der Waals surface area contributed by atoms with Crippen LogP contribution in [0.1, 0.15) is 27.2 Å². The first-order valence-electron chi connectivity index (χ1n) is 8.34. The highest BCUT2D eigenvalue weighted by atomic mass is 35.5. The average molecular weight is 372 g/mol. The molecule has 0 spiro atoms.